The van der Waals surface area contributed by atoms with Gasteiger partial charge < -0.3 is 4.90 Å². The average molecular weight is 325 g/mol. The van der Waals surface area contributed by atoms with E-state index in [1.807, 2.05) is 24.3 Å². The van der Waals surface area contributed by atoms with Crippen molar-refractivity contribution in [3.8, 4) is 6.07 Å². The summed E-state index contributed by atoms with van der Waals surface area (Å²) >= 11 is 0. The Kier molecular flexibility index (Phi) is 5.20. The number of rotatable bonds is 3. The maximum Gasteiger partial charge on any atom is 0.228 e. The van der Waals surface area contributed by atoms with Gasteiger partial charge in [-0.1, -0.05) is 31.9 Å². The Balaban J connectivity index is 1.56. The average Bonchev–Trinajstić information content (AvgIpc) is 2.92. The minimum atomic E-state index is -0.109. The number of carbonyl (C=O) groups is 1. The zero-order valence-corrected chi connectivity index (χ0v) is 14.6. The summed E-state index contributed by atoms with van der Waals surface area (Å²) in [4.78, 5) is 17.4. The number of amides is 1. The van der Waals surface area contributed by atoms with E-state index in [4.69, 9.17) is 5.26 Å². The zero-order chi connectivity index (χ0) is 17.0. The molecule has 2 aliphatic rings. The van der Waals surface area contributed by atoms with Gasteiger partial charge in [0, 0.05) is 38.1 Å². The Bertz CT molecular complexity index is 611. The number of carbonyl (C=O) groups excluding carboxylic acids is 1. The van der Waals surface area contributed by atoms with Gasteiger partial charge in [-0.2, -0.15) is 5.26 Å². The molecule has 128 valence electrons. The van der Waals surface area contributed by atoms with Crippen LogP contribution in [0.5, 0.6) is 0 Å². The molecule has 1 heterocycles. The van der Waals surface area contributed by atoms with E-state index in [-0.39, 0.29) is 5.41 Å². The van der Waals surface area contributed by atoms with Crippen molar-refractivity contribution < 1.29 is 4.79 Å². The first-order chi connectivity index (χ1) is 11.6. The molecule has 0 bridgehead atoms. The monoisotopic (exact) mass is 325 g/mol. The van der Waals surface area contributed by atoms with E-state index in [1.165, 1.54) is 18.4 Å². The lowest BCUT2D eigenvalue weighted by Crippen LogP contribution is -2.43. The van der Waals surface area contributed by atoms with Crippen molar-refractivity contribution in [3.63, 3.8) is 0 Å². The molecule has 24 heavy (non-hydrogen) atoms. The SMILES string of the molecule is CC1(C(=O)N2CCCN(Cc3ccc(C#N)cc3)CC2)CCCC1. The number of nitrogens with zero attached hydrogens (tertiary/aromatic N) is 3. The van der Waals surface area contributed by atoms with E-state index >= 15 is 0 Å². The largest absolute Gasteiger partial charge is 0.341 e. The lowest BCUT2D eigenvalue weighted by atomic mass is 9.87. The fourth-order valence-electron chi connectivity index (χ4n) is 4.03. The summed E-state index contributed by atoms with van der Waals surface area (Å²) in [6, 6.07) is 9.98. The van der Waals surface area contributed by atoms with Crippen LogP contribution in [-0.4, -0.2) is 41.9 Å². The molecular formula is C20H27N3O. The lowest BCUT2D eigenvalue weighted by molar-refractivity contribution is -0.140. The van der Waals surface area contributed by atoms with Gasteiger partial charge >= 0.3 is 0 Å². The topological polar surface area (TPSA) is 47.3 Å². The lowest BCUT2D eigenvalue weighted by Gasteiger charge is -2.31. The summed E-state index contributed by atoms with van der Waals surface area (Å²) in [7, 11) is 0. The van der Waals surface area contributed by atoms with Gasteiger partial charge in [-0.15, -0.1) is 0 Å². The highest BCUT2D eigenvalue weighted by Crippen LogP contribution is 2.39. The Morgan fingerprint density at radius 1 is 1.08 bits per heavy atom. The minimum Gasteiger partial charge on any atom is -0.341 e. The Morgan fingerprint density at radius 3 is 2.46 bits per heavy atom. The van der Waals surface area contributed by atoms with E-state index in [0.29, 0.717) is 11.5 Å². The standard InChI is InChI=1S/C20H27N3O/c1-20(9-2-3-10-20)19(24)23-12-4-11-22(13-14-23)16-18-7-5-17(15-21)6-8-18/h5-8H,2-4,9-14,16H2,1H3. The molecule has 0 aromatic heterocycles. The van der Waals surface area contributed by atoms with Crippen molar-refractivity contribution in [2.24, 2.45) is 5.41 Å². The van der Waals surface area contributed by atoms with Gasteiger partial charge in [0.25, 0.3) is 0 Å². The molecule has 1 aliphatic heterocycles. The van der Waals surface area contributed by atoms with Crippen LogP contribution in [0.15, 0.2) is 24.3 Å². The molecule has 4 heteroatoms. The molecule has 1 amide bonds. The molecular weight excluding hydrogens is 298 g/mol. The van der Waals surface area contributed by atoms with Crippen LogP contribution in [0.2, 0.25) is 0 Å². The predicted molar refractivity (Wildman–Crippen MR) is 94.2 cm³/mol. The van der Waals surface area contributed by atoms with Crippen LogP contribution in [-0.2, 0) is 11.3 Å². The van der Waals surface area contributed by atoms with E-state index in [2.05, 4.69) is 22.8 Å². The third-order valence-electron chi connectivity index (χ3n) is 5.59. The van der Waals surface area contributed by atoms with Crippen molar-refractivity contribution in [1.82, 2.24) is 9.80 Å². The van der Waals surface area contributed by atoms with Crippen molar-refractivity contribution in [1.29, 1.82) is 5.26 Å². The summed E-state index contributed by atoms with van der Waals surface area (Å²) in [6.45, 7) is 6.73. The highest BCUT2D eigenvalue weighted by molar-refractivity contribution is 5.82. The summed E-state index contributed by atoms with van der Waals surface area (Å²) in [5.74, 6) is 0.375. The van der Waals surface area contributed by atoms with Crippen LogP contribution in [0, 0.1) is 16.7 Å². The first-order valence-electron chi connectivity index (χ1n) is 9.11. The van der Waals surface area contributed by atoms with Crippen LogP contribution in [0.1, 0.15) is 50.2 Å². The highest BCUT2D eigenvalue weighted by Gasteiger charge is 2.39. The number of benzene rings is 1. The zero-order valence-electron chi connectivity index (χ0n) is 14.6. The minimum absolute atomic E-state index is 0.109. The van der Waals surface area contributed by atoms with E-state index in [1.54, 1.807) is 0 Å². The molecule has 4 nitrogen and oxygen atoms in total. The van der Waals surface area contributed by atoms with Crippen LogP contribution >= 0.6 is 0 Å². The molecule has 0 unspecified atom stereocenters. The first-order valence-corrected chi connectivity index (χ1v) is 9.11. The maximum atomic E-state index is 12.9. The molecule has 3 rings (SSSR count). The normalized spacial score (nSPS) is 21.2. The number of hydrogen-bond acceptors (Lipinski definition) is 3. The molecule has 1 saturated heterocycles. The third kappa shape index (κ3) is 3.79. The van der Waals surface area contributed by atoms with E-state index < -0.39 is 0 Å². The van der Waals surface area contributed by atoms with Gasteiger partial charge in [0.2, 0.25) is 5.91 Å². The quantitative estimate of drug-likeness (QED) is 0.857. The van der Waals surface area contributed by atoms with Crippen molar-refractivity contribution in [2.45, 2.75) is 45.6 Å². The van der Waals surface area contributed by atoms with Gasteiger partial charge in [0.1, 0.15) is 0 Å². The van der Waals surface area contributed by atoms with Gasteiger partial charge in [-0.25, -0.2) is 0 Å². The second-order valence-electron chi connectivity index (χ2n) is 7.50. The molecule has 0 atom stereocenters. The summed E-state index contributed by atoms with van der Waals surface area (Å²) in [5, 5.41) is 8.88. The highest BCUT2D eigenvalue weighted by atomic mass is 16.2. The van der Waals surface area contributed by atoms with Gasteiger partial charge in [0.15, 0.2) is 0 Å². The summed E-state index contributed by atoms with van der Waals surface area (Å²) < 4.78 is 0. The molecule has 1 aliphatic carbocycles. The van der Waals surface area contributed by atoms with Gasteiger partial charge in [-0.05, 0) is 37.0 Å². The van der Waals surface area contributed by atoms with Crippen LogP contribution in [0.4, 0.5) is 0 Å². The maximum absolute atomic E-state index is 12.9. The summed E-state index contributed by atoms with van der Waals surface area (Å²) in [6.07, 6.45) is 5.54. The number of hydrogen-bond donors (Lipinski definition) is 0. The van der Waals surface area contributed by atoms with Crippen molar-refractivity contribution in [3.05, 3.63) is 35.4 Å². The smallest absolute Gasteiger partial charge is 0.228 e. The molecule has 0 radical (unpaired) electrons. The molecule has 0 spiro atoms. The molecule has 1 aromatic rings. The van der Waals surface area contributed by atoms with Gasteiger partial charge in [0.05, 0.1) is 11.6 Å². The molecule has 0 N–H and O–H groups in total. The molecule has 1 aromatic carbocycles. The number of nitriles is 1. The fraction of sp³-hybridized carbons (Fsp3) is 0.600. The Morgan fingerprint density at radius 2 is 1.79 bits per heavy atom. The Hall–Kier alpha value is -1.86. The predicted octanol–water partition coefficient (Wildman–Crippen LogP) is 3.17. The van der Waals surface area contributed by atoms with Crippen LogP contribution in [0.25, 0.3) is 0 Å². The van der Waals surface area contributed by atoms with Crippen LogP contribution < -0.4 is 0 Å². The molecule has 1 saturated carbocycles. The fourth-order valence-corrected chi connectivity index (χ4v) is 4.03. The van der Waals surface area contributed by atoms with E-state index in [9.17, 15) is 4.79 Å². The van der Waals surface area contributed by atoms with Crippen molar-refractivity contribution in [2.75, 3.05) is 26.2 Å². The first kappa shape index (κ1) is 17.0. The van der Waals surface area contributed by atoms with Crippen molar-refractivity contribution >= 4 is 5.91 Å². The van der Waals surface area contributed by atoms with E-state index in [0.717, 1.165) is 52.0 Å². The second kappa shape index (κ2) is 7.36. The second-order valence-corrected chi connectivity index (χ2v) is 7.50. The third-order valence-corrected chi connectivity index (χ3v) is 5.59. The summed E-state index contributed by atoms with van der Waals surface area (Å²) in [5.41, 5.74) is 1.83. The van der Waals surface area contributed by atoms with Gasteiger partial charge in [-0.3, -0.25) is 9.69 Å². The Labute approximate surface area is 145 Å². The van der Waals surface area contributed by atoms with Crippen LogP contribution in [0.3, 0.4) is 0 Å². The molecule has 2 fully saturated rings.